The van der Waals surface area contributed by atoms with E-state index in [4.69, 9.17) is 5.84 Å². The Hall–Kier alpha value is -3.08. The zero-order chi connectivity index (χ0) is 19.4. The molecule has 0 spiro atoms. The molecule has 0 radical (unpaired) electrons. The number of hydrogen-bond acceptors (Lipinski definition) is 6. The van der Waals surface area contributed by atoms with E-state index >= 15 is 0 Å². The third-order valence-electron chi connectivity index (χ3n) is 3.41. The molecule has 1 aromatic carbocycles. The fraction of sp³-hybridized carbons (Fsp3) is 0.125. The monoisotopic (exact) mass is 394 g/mol. The highest BCUT2D eigenvalue weighted by atomic mass is 32.2. The van der Waals surface area contributed by atoms with Crippen LogP contribution in [0.5, 0.6) is 0 Å². The Morgan fingerprint density at radius 2 is 1.93 bits per heavy atom. The summed E-state index contributed by atoms with van der Waals surface area (Å²) in [4.78, 5) is 15.9. The number of nitrogens with zero attached hydrogens (tertiary/aromatic N) is 4. The van der Waals surface area contributed by atoms with Crippen LogP contribution in [0, 0.1) is 0 Å². The average molecular weight is 394 g/mol. The van der Waals surface area contributed by atoms with Gasteiger partial charge in [-0.15, -0.1) is 10.2 Å². The number of halogens is 3. The summed E-state index contributed by atoms with van der Waals surface area (Å²) in [5.74, 6) is 5.75. The maximum Gasteiger partial charge on any atom is 0.416 e. The Labute approximate surface area is 155 Å². The van der Waals surface area contributed by atoms with Gasteiger partial charge < -0.3 is 11.2 Å². The topological polar surface area (TPSA) is 98.7 Å². The predicted octanol–water partition coefficient (Wildman–Crippen LogP) is 2.80. The van der Waals surface area contributed by atoms with E-state index in [-0.39, 0.29) is 11.4 Å². The number of hydrogen-bond donors (Lipinski definition) is 2. The van der Waals surface area contributed by atoms with Crippen LogP contribution in [0.25, 0.3) is 11.4 Å². The van der Waals surface area contributed by atoms with Crippen molar-refractivity contribution in [2.24, 2.45) is 0 Å². The quantitative estimate of drug-likeness (QED) is 0.510. The minimum atomic E-state index is -4.48. The number of thioether (sulfide) groups is 1. The molecule has 0 aliphatic rings. The van der Waals surface area contributed by atoms with Crippen LogP contribution >= 0.6 is 11.8 Å². The van der Waals surface area contributed by atoms with Gasteiger partial charge in [-0.05, 0) is 30.3 Å². The molecule has 0 saturated heterocycles. The second-order valence-corrected chi connectivity index (χ2v) is 6.27. The van der Waals surface area contributed by atoms with E-state index in [2.05, 4.69) is 20.5 Å². The van der Waals surface area contributed by atoms with Crippen LogP contribution in [0.1, 0.15) is 5.56 Å². The lowest BCUT2D eigenvalue weighted by atomic mass is 10.2. The number of nitrogens with one attached hydrogen (secondary N) is 1. The van der Waals surface area contributed by atoms with E-state index < -0.39 is 17.6 Å². The first-order valence-corrected chi connectivity index (χ1v) is 8.54. The van der Waals surface area contributed by atoms with Crippen molar-refractivity contribution in [1.29, 1.82) is 0 Å². The fourth-order valence-corrected chi connectivity index (χ4v) is 2.83. The molecule has 0 unspecified atom stereocenters. The third kappa shape index (κ3) is 4.56. The molecule has 0 fully saturated rings. The normalized spacial score (nSPS) is 11.4. The van der Waals surface area contributed by atoms with E-state index in [1.165, 1.54) is 16.8 Å². The van der Waals surface area contributed by atoms with Crippen molar-refractivity contribution in [3.05, 3.63) is 54.4 Å². The van der Waals surface area contributed by atoms with Crippen LogP contribution < -0.4 is 11.2 Å². The maximum absolute atomic E-state index is 12.7. The van der Waals surface area contributed by atoms with Crippen LogP contribution in [0.15, 0.2) is 53.9 Å². The summed E-state index contributed by atoms with van der Waals surface area (Å²) in [6, 6.07) is 7.83. The van der Waals surface area contributed by atoms with Crippen LogP contribution in [-0.4, -0.2) is 31.5 Å². The number of anilines is 1. The number of carbonyl (C=O) groups excluding carboxylic acids is 1. The number of nitrogen functional groups attached to an aromatic ring is 1. The van der Waals surface area contributed by atoms with Gasteiger partial charge in [0.15, 0.2) is 5.82 Å². The highest BCUT2D eigenvalue weighted by Gasteiger charge is 2.30. The van der Waals surface area contributed by atoms with Gasteiger partial charge >= 0.3 is 6.18 Å². The van der Waals surface area contributed by atoms with E-state index in [9.17, 15) is 18.0 Å². The number of benzene rings is 1. The standard InChI is InChI=1S/C16H13F3N6OS/c17-16(18,19)11-2-1-3-12(8-11)22-13(26)9-27-15-24-23-14(25(15)20)10-4-6-21-7-5-10/h1-8H,9,20H2,(H,22,26). The number of rotatable bonds is 5. The first kappa shape index (κ1) is 18.7. The second-order valence-electron chi connectivity index (χ2n) is 5.33. The smallest absolute Gasteiger partial charge is 0.335 e. The summed E-state index contributed by atoms with van der Waals surface area (Å²) in [6.45, 7) is 0. The Morgan fingerprint density at radius 3 is 2.63 bits per heavy atom. The molecule has 3 rings (SSSR count). The third-order valence-corrected chi connectivity index (χ3v) is 4.35. The minimum absolute atomic E-state index is 0.0575. The Kier molecular flexibility index (Phi) is 5.31. The lowest BCUT2D eigenvalue weighted by Crippen LogP contribution is -2.17. The van der Waals surface area contributed by atoms with Crippen molar-refractivity contribution in [2.75, 3.05) is 16.9 Å². The van der Waals surface area contributed by atoms with Gasteiger partial charge in [0, 0.05) is 23.6 Å². The zero-order valence-electron chi connectivity index (χ0n) is 13.6. The van der Waals surface area contributed by atoms with Gasteiger partial charge in [0.25, 0.3) is 0 Å². The lowest BCUT2D eigenvalue weighted by Gasteiger charge is -2.09. The van der Waals surface area contributed by atoms with Crippen molar-refractivity contribution in [1.82, 2.24) is 19.9 Å². The SMILES string of the molecule is Nn1c(SCC(=O)Nc2cccc(C(F)(F)F)c2)nnc1-c1ccncc1. The van der Waals surface area contributed by atoms with E-state index in [0.29, 0.717) is 16.5 Å². The highest BCUT2D eigenvalue weighted by Crippen LogP contribution is 2.30. The maximum atomic E-state index is 12.7. The molecular weight excluding hydrogens is 381 g/mol. The van der Waals surface area contributed by atoms with Crippen LogP contribution in [0.4, 0.5) is 18.9 Å². The highest BCUT2D eigenvalue weighted by molar-refractivity contribution is 7.99. The van der Waals surface area contributed by atoms with E-state index in [1.807, 2.05) is 0 Å². The molecule has 2 heterocycles. The van der Waals surface area contributed by atoms with Gasteiger partial charge in [0.05, 0.1) is 11.3 Å². The van der Waals surface area contributed by atoms with Crippen LogP contribution in [0.2, 0.25) is 0 Å². The number of pyridine rings is 1. The number of aromatic nitrogens is 4. The second kappa shape index (κ2) is 7.66. The van der Waals surface area contributed by atoms with Crippen molar-refractivity contribution in [3.63, 3.8) is 0 Å². The molecule has 27 heavy (non-hydrogen) atoms. The minimum Gasteiger partial charge on any atom is -0.335 e. The van der Waals surface area contributed by atoms with Gasteiger partial charge in [0.2, 0.25) is 11.1 Å². The summed E-state index contributed by atoms with van der Waals surface area (Å²) >= 11 is 1.01. The molecule has 140 valence electrons. The van der Waals surface area contributed by atoms with Gasteiger partial charge in [-0.25, -0.2) is 4.68 Å². The van der Waals surface area contributed by atoms with Crippen molar-refractivity contribution >= 4 is 23.4 Å². The van der Waals surface area contributed by atoms with Gasteiger partial charge in [-0.3, -0.25) is 9.78 Å². The summed E-state index contributed by atoms with van der Waals surface area (Å²) < 4.78 is 39.4. The first-order chi connectivity index (χ1) is 12.8. The first-order valence-electron chi connectivity index (χ1n) is 7.55. The molecule has 3 aromatic rings. The molecule has 2 aromatic heterocycles. The van der Waals surface area contributed by atoms with Gasteiger partial charge in [-0.2, -0.15) is 13.2 Å². The molecule has 0 saturated carbocycles. The van der Waals surface area contributed by atoms with Crippen LogP contribution in [-0.2, 0) is 11.0 Å². The van der Waals surface area contributed by atoms with Crippen molar-refractivity contribution in [3.8, 4) is 11.4 Å². The summed E-state index contributed by atoms with van der Waals surface area (Å²) in [5, 5.41) is 10.6. The Morgan fingerprint density at radius 1 is 1.19 bits per heavy atom. The number of amides is 1. The number of alkyl halides is 3. The van der Waals surface area contributed by atoms with Crippen LogP contribution in [0.3, 0.4) is 0 Å². The molecule has 0 aliphatic heterocycles. The van der Waals surface area contributed by atoms with Gasteiger partial charge in [0.1, 0.15) is 0 Å². The summed E-state index contributed by atoms with van der Waals surface area (Å²) in [6.07, 6.45) is -1.31. The molecule has 3 N–H and O–H groups in total. The Bertz CT molecular complexity index is 945. The molecule has 0 atom stereocenters. The van der Waals surface area contributed by atoms with Crippen molar-refractivity contribution < 1.29 is 18.0 Å². The fourth-order valence-electron chi connectivity index (χ4n) is 2.17. The zero-order valence-corrected chi connectivity index (χ0v) is 14.5. The molecule has 11 heteroatoms. The number of carbonyl (C=O) groups is 1. The summed E-state index contributed by atoms with van der Waals surface area (Å²) in [5.41, 5.74) is -0.0703. The molecule has 7 nitrogen and oxygen atoms in total. The number of nitrogens with two attached hydrogens (primary N) is 1. The average Bonchev–Trinajstić information content (AvgIpc) is 3.01. The molecular formula is C16H13F3N6OS. The largest absolute Gasteiger partial charge is 0.416 e. The summed E-state index contributed by atoms with van der Waals surface area (Å²) in [7, 11) is 0. The van der Waals surface area contributed by atoms with E-state index in [0.717, 1.165) is 23.9 Å². The molecule has 0 bridgehead atoms. The Balaban J connectivity index is 1.63. The predicted molar refractivity (Wildman–Crippen MR) is 94.2 cm³/mol. The molecule has 0 aliphatic carbocycles. The van der Waals surface area contributed by atoms with E-state index in [1.54, 1.807) is 24.5 Å². The lowest BCUT2D eigenvalue weighted by molar-refractivity contribution is -0.137. The molecule has 1 amide bonds. The van der Waals surface area contributed by atoms with Gasteiger partial charge in [-0.1, -0.05) is 17.8 Å². The van der Waals surface area contributed by atoms with Crippen molar-refractivity contribution in [2.45, 2.75) is 11.3 Å².